The van der Waals surface area contributed by atoms with Crippen molar-refractivity contribution in [3.05, 3.63) is 63.9 Å². The van der Waals surface area contributed by atoms with Crippen molar-refractivity contribution >= 4 is 21.7 Å². The van der Waals surface area contributed by atoms with Crippen LogP contribution in [0.2, 0.25) is 0 Å². The van der Waals surface area contributed by atoms with Crippen molar-refractivity contribution in [3.63, 3.8) is 0 Å². The summed E-state index contributed by atoms with van der Waals surface area (Å²) in [5, 5.41) is 0. The summed E-state index contributed by atoms with van der Waals surface area (Å²) < 4.78 is 0.939. The summed E-state index contributed by atoms with van der Waals surface area (Å²) in [6.07, 6.45) is 1.63. The number of halogens is 1. The molecule has 0 amide bonds. The predicted molar refractivity (Wildman–Crippen MR) is 66.5 cm³/mol. The van der Waals surface area contributed by atoms with E-state index < -0.39 is 0 Å². The lowest BCUT2D eigenvalue weighted by molar-refractivity contribution is 0.103. The molecule has 0 radical (unpaired) electrons. The number of rotatable bonds is 2. The number of pyridine rings is 1. The van der Waals surface area contributed by atoms with Gasteiger partial charge >= 0.3 is 0 Å². The first-order valence-corrected chi connectivity index (χ1v) is 5.70. The lowest BCUT2D eigenvalue weighted by Gasteiger charge is -2.05. The first-order chi connectivity index (χ1) is 7.70. The van der Waals surface area contributed by atoms with Crippen molar-refractivity contribution < 1.29 is 4.79 Å². The van der Waals surface area contributed by atoms with Crippen LogP contribution in [-0.2, 0) is 0 Å². The molecule has 0 aliphatic rings. The lowest BCUT2D eigenvalue weighted by Crippen LogP contribution is -2.05. The second kappa shape index (κ2) is 4.58. The Hall–Kier alpha value is -1.48. The Morgan fingerprint density at radius 2 is 2.00 bits per heavy atom. The number of hydrogen-bond acceptors (Lipinski definition) is 2. The van der Waals surface area contributed by atoms with E-state index in [9.17, 15) is 4.79 Å². The van der Waals surface area contributed by atoms with Crippen molar-refractivity contribution in [1.82, 2.24) is 4.98 Å². The van der Waals surface area contributed by atoms with E-state index in [-0.39, 0.29) is 5.78 Å². The highest BCUT2D eigenvalue weighted by Gasteiger charge is 2.13. The molecule has 1 aromatic carbocycles. The van der Waals surface area contributed by atoms with Gasteiger partial charge in [-0.3, -0.25) is 9.78 Å². The van der Waals surface area contributed by atoms with E-state index in [1.807, 2.05) is 31.2 Å². The van der Waals surface area contributed by atoms with E-state index in [1.54, 1.807) is 18.3 Å². The van der Waals surface area contributed by atoms with Gasteiger partial charge in [0, 0.05) is 16.2 Å². The monoisotopic (exact) mass is 275 g/mol. The first-order valence-electron chi connectivity index (χ1n) is 4.91. The van der Waals surface area contributed by atoms with Gasteiger partial charge in [0.2, 0.25) is 5.78 Å². The van der Waals surface area contributed by atoms with Crippen LogP contribution in [0.4, 0.5) is 0 Å². The van der Waals surface area contributed by atoms with Gasteiger partial charge in [-0.25, -0.2) is 0 Å². The minimum absolute atomic E-state index is 0.0422. The second-order valence-electron chi connectivity index (χ2n) is 3.46. The molecule has 2 nitrogen and oxygen atoms in total. The van der Waals surface area contributed by atoms with E-state index in [0.29, 0.717) is 11.3 Å². The zero-order chi connectivity index (χ0) is 11.5. The van der Waals surface area contributed by atoms with Gasteiger partial charge < -0.3 is 0 Å². The number of benzene rings is 1. The van der Waals surface area contributed by atoms with Crippen LogP contribution in [0.15, 0.2) is 47.1 Å². The Bertz CT molecular complexity index is 523. The molecule has 0 aliphatic carbocycles. The van der Waals surface area contributed by atoms with Gasteiger partial charge in [-0.05, 0) is 30.7 Å². The Kier molecular flexibility index (Phi) is 3.15. The number of hydrogen-bond donors (Lipinski definition) is 0. The quantitative estimate of drug-likeness (QED) is 0.787. The van der Waals surface area contributed by atoms with Crippen LogP contribution in [0.25, 0.3) is 0 Å². The minimum atomic E-state index is -0.0422. The molecule has 80 valence electrons. The SMILES string of the molecule is Cc1c(Br)cccc1C(=O)c1ccccn1. The van der Waals surface area contributed by atoms with E-state index in [2.05, 4.69) is 20.9 Å². The van der Waals surface area contributed by atoms with Crippen LogP contribution >= 0.6 is 15.9 Å². The molecule has 0 aliphatic heterocycles. The molecule has 0 N–H and O–H groups in total. The highest BCUT2D eigenvalue weighted by Crippen LogP contribution is 2.21. The van der Waals surface area contributed by atoms with Gasteiger partial charge in [0.15, 0.2) is 0 Å². The number of aromatic nitrogens is 1. The van der Waals surface area contributed by atoms with Gasteiger partial charge in [-0.15, -0.1) is 0 Å². The van der Waals surface area contributed by atoms with Gasteiger partial charge in [-0.2, -0.15) is 0 Å². The zero-order valence-electron chi connectivity index (χ0n) is 8.77. The molecule has 3 heteroatoms. The summed E-state index contributed by atoms with van der Waals surface area (Å²) in [7, 11) is 0. The van der Waals surface area contributed by atoms with Crippen molar-refractivity contribution in [1.29, 1.82) is 0 Å². The summed E-state index contributed by atoms with van der Waals surface area (Å²) in [6.45, 7) is 1.92. The zero-order valence-corrected chi connectivity index (χ0v) is 10.4. The fraction of sp³-hybridized carbons (Fsp3) is 0.0769. The topological polar surface area (TPSA) is 30.0 Å². The number of ketones is 1. The average Bonchev–Trinajstić information content (AvgIpc) is 2.33. The maximum Gasteiger partial charge on any atom is 0.211 e. The molecule has 0 saturated heterocycles. The fourth-order valence-electron chi connectivity index (χ4n) is 1.49. The van der Waals surface area contributed by atoms with Crippen LogP contribution in [0.3, 0.4) is 0 Å². The van der Waals surface area contributed by atoms with Crippen molar-refractivity contribution in [2.75, 3.05) is 0 Å². The van der Waals surface area contributed by atoms with Crippen LogP contribution in [0.1, 0.15) is 21.6 Å². The Balaban J connectivity index is 2.46. The van der Waals surface area contributed by atoms with Crippen molar-refractivity contribution in [2.24, 2.45) is 0 Å². The van der Waals surface area contributed by atoms with Gasteiger partial charge in [0.1, 0.15) is 5.69 Å². The van der Waals surface area contributed by atoms with E-state index in [1.165, 1.54) is 0 Å². The highest BCUT2D eigenvalue weighted by molar-refractivity contribution is 9.10. The Morgan fingerprint density at radius 1 is 1.19 bits per heavy atom. The smallest absolute Gasteiger partial charge is 0.211 e. The molecule has 1 aromatic heterocycles. The standard InChI is InChI=1S/C13H10BrNO/c1-9-10(5-4-6-11(9)14)13(16)12-7-2-3-8-15-12/h2-8H,1H3. The minimum Gasteiger partial charge on any atom is -0.287 e. The fourth-order valence-corrected chi connectivity index (χ4v) is 1.85. The third-order valence-corrected chi connectivity index (χ3v) is 3.27. The molecule has 0 unspecified atom stereocenters. The largest absolute Gasteiger partial charge is 0.287 e. The van der Waals surface area contributed by atoms with Crippen molar-refractivity contribution in [2.45, 2.75) is 6.92 Å². The molecule has 2 rings (SSSR count). The first kappa shape index (κ1) is 11.0. The lowest BCUT2D eigenvalue weighted by atomic mass is 10.0. The summed E-state index contributed by atoms with van der Waals surface area (Å²) in [5.41, 5.74) is 2.11. The van der Waals surface area contributed by atoms with Crippen molar-refractivity contribution in [3.8, 4) is 0 Å². The summed E-state index contributed by atoms with van der Waals surface area (Å²) in [4.78, 5) is 16.2. The number of carbonyl (C=O) groups excluding carboxylic acids is 1. The third-order valence-electron chi connectivity index (χ3n) is 2.41. The highest BCUT2D eigenvalue weighted by atomic mass is 79.9. The van der Waals surface area contributed by atoms with E-state index in [4.69, 9.17) is 0 Å². The molecule has 16 heavy (non-hydrogen) atoms. The van der Waals surface area contributed by atoms with Crippen LogP contribution in [0, 0.1) is 6.92 Å². The average molecular weight is 276 g/mol. The van der Waals surface area contributed by atoms with E-state index >= 15 is 0 Å². The maximum atomic E-state index is 12.1. The third kappa shape index (κ3) is 2.04. The molecule has 0 bridgehead atoms. The molecule has 1 heterocycles. The van der Waals surface area contributed by atoms with E-state index in [0.717, 1.165) is 10.0 Å². The Morgan fingerprint density at radius 3 is 2.69 bits per heavy atom. The second-order valence-corrected chi connectivity index (χ2v) is 4.31. The Labute approximate surface area is 102 Å². The molecular formula is C13H10BrNO. The molecule has 0 saturated carbocycles. The molecule has 0 fully saturated rings. The van der Waals surface area contributed by atoms with Crippen LogP contribution in [-0.4, -0.2) is 10.8 Å². The van der Waals surface area contributed by atoms with Crippen LogP contribution in [0.5, 0.6) is 0 Å². The van der Waals surface area contributed by atoms with Crippen LogP contribution < -0.4 is 0 Å². The summed E-state index contributed by atoms with van der Waals surface area (Å²) in [5.74, 6) is -0.0422. The normalized spacial score (nSPS) is 10.1. The molecule has 0 spiro atoms. The van der Waals surface area contributed by atoms with Gasteiger partial charge in [0.25, 0.3) is 0 Å². The predicted octanol–water partition coefficient (Wildman–Crippen LogP) is 3.38. The number of carbonyl (C=O) groups is 1. The summed E-state index contributed by atoms with van der Waals surface area (Å²) in [6, 6.07) is 10.9. The summed E-state index contributed by atoms with van der Waals surface area (Å²) >= 11 is 3.41. The van der Waals surface area contributed by atoms with Gasteiger partial charge in [0.05, 0.1) is 0 Å². The molecular weight excluding hydrogens is 266 g/mol. The number of nitrogens with zero attached hydrogens (tertiary/aromatic N) is 1. The maximum absolute atomic E-state index is 12.1. The molecule has 0 atom stereocenters. The molecule has 2 aromatic rings. The van der Waals surface area contributed by atoms with Gasteiger partial charge in [-0.1, -0.05) is 34.1 Å².